The molecule has 0 fully saturated rings. The summed E-state index contributed by atoms with van der Waals surface area (Å²) in [6.07, 6.45) is 0. The molecule has 1 aromatic rings. The predicted molar refractivity (Wildman–Crippen MR) is 80.4 cm³/mol. The summed E-state index contributed by atoms with van der Waals surface area (Å²) in [5.41, 5.74) is 0.746. The van der Waals surface area contributed by atoms with Crippen molar-refractivity contribution in [2.45, 2.75) is 52.4 Å². The molecule has 19 heavy (non-hydrogen) atoms. The number of aromatic hydroxyl groups is 2. The first-order chi connectivity index (χ1) is 8.39. The first-order valence-corrected chi connectivity index (χ1v) is 6.52. The third-order valence-corrected chi connectivity index (χ3v) is 5.90. The molecule has 0 heterocycles. The molecule has 0 unspecified atom stereocenters. The molecule has 2 nitrogen and oxygen atoms in total. The second kappa shape index (κ2) is 3.53. The van der Waals surface area contributed by atoms with Crippen molar-refractivity contribution in [2.75, 3.05) is 0 Å². The molecule has 0 spiro atoms. The second-order valence-corrected chi connectivity index (χ2v) is 7.15. The Morgan fingerprint density at radius 2 is 0.947 bits per heavy atom. The second-order valence-electron chi connectivity index (χ2n) is 7.15. The molecule has 1 aliphatic rings. The minimum absolute atomic E-state index is 0.00829. The van der Waals surface area contributed by atoms with E-state index in [1.807, 2.05) is 0 Å². The van der Waals surface area contributed by atoms with Crippen molar-refractivity contribution in [2.24, 2.45) is 5.41 Å². The Bertz CT molecular complexity index is 523. The van der Waals surface area contributed by atoms with E-state index in [1.165, 1.54) is 0 Å². The van der Waals surface area contributed by atoms with Crippen molar-refractivity contribution in [3.8, 4) is 11.5 Å². The molecule has 0 aromatic heterocycles. The van der Waals surface area contributed by atoms with Gasteiger partial charge in [-0.1, -0.05) is 52.5 Å². The first-order valence-electron chi connectivity index (χ1n) is 6.52. The zero-order valence-corrected chi connectivity index (χ0v) is 12.5. The topological polar surface area (TPSA) is 40.5 Å². The molecule has 1 aliphatic carbocycles. The maximum Gasteiger partial charge on any atom is 0.118 e. The quantitative estimate of drug-likeness (QED) is 0.540. The van der Waals surface area contributed by atoms with Crippen molar-refractivity contribution >= 4 is 26.6 Å². The first kappa shape index (κ1) is 14.4. The monoisotopic (exact) mass is 254 g/mol. The summed E-state index contributed by atoms with van der Waals surface area (Å²) in [5, 5.41) is 20.8. The van der Waals surface area contributed by atoms with Crippen LogP contribution >= 0.6 is 0 Å². The molecule has 0 bridgehead atoms. The molecule has 1 aromatic carbocycles. The van der Waals surface area contributed by atoms with Gasteiger partial charge in [-0.3, -0.25) is 0 Å². The van der Waals surface area contributed by atoms with Gasteiger partial charge >= 0.3 is 0 Å². The van der Waals surface area contributed by atoms with Crippen LogP contribution in [0, 0.1) is 5.41 Å². The van der Waals surface area contributed by atoms with Crippen LogP contribution in [0.3, 0.4) is 0 Å². The SMILES string of the molecule is [B]c1c([B])c(O)c2c(c1O)C(C)(C)C(C)(C)C2(C)C. The van der Waals surface area contributed by atoms with E-state index in [4.69, 9.17) is 15.7 Å². The Balaban J connectivity index is 3.02. The molecule has 0 aliphatic heterocycles. The number of phenols is 2. The summed E-state index contributed by atoms with van der Waals surface area (Å²) < 4.78 is 0. The Morgan fingerprint density at radius 3 is 1.21 bits per heavy atom. The van der Waals surface area contributed by atoms with Gasteiger partial charge < -0.3 is 10.2 Å². The fourth-order valence-corrected chi connectivity index (χ4v) is 3.38. The van der Waals surface area contributed by atoms with Gasteiger partial charge in [-0.05, 0) is 16.2 Å². The summed E-state index contributed by atoms with van der Waals surface area (Å²) in [6, 6.07) is 0. The van der Waals surface area contributed by atoms with Gasteiger partial charge in [-0.15, -0.1) is 0 Å². The lowest BCUT2D eigenvalue weighted by Crippen LogP contribution is -2.42. The third-order valence-electron chi connectivity index (χ3n) is 5.90. The van der Waals surface area contributed by atoms with E-state index < -0.39 is 0 Å². The largest absolute Gasteiger partial charge is 0.508 e. The number of benzene rings is 1. The maximum atomic E-state index is 10.4. The van der Waals surface area contributed by atoms with Gasteiger partial charge in [-0.2, -0.15) is 0 Å². The predicted octanol–water partition coefficient (Wildman–Crippen LogP) is 1.28. The van der Waals surface area contributed by atoms with Crippen LogP contribution in [-0.2, 0) is 10.8 Å². The highest BCUT2D eigenvalue weighted by Gasteiger charge is 2.59. The molecule has 98 valence electrons. The average molecular weight is 254 g/mol. The number of hydrogen-bond acceptors (Lipinski definition) is 2. The van der Waals surface area contributed by atoms with E-state index >= 15 is 0 Å². The fourth-order valence-electron chi connectivity index (χ4n) is 3.38. The Morgan fingerprint density at radius 1 is 0.684 bits per heavy atom. The lowest BCUT2D eigenvalue weighted by atomic mass is 9.59. The summed E-state index contributed by atoms with van der Waals surface area (Å²) >= 11 is 0. The minimum atomic E-state index is -0.324. The molecule has 4 heteroatoms. The van der Waals surface area contributed by atoms with Crippen molar-refractivity contribution in [3.05, 3.63) is 11.1 Å². The van der Waals surface area contributed by atoms with Crippen LogP contribution in [0.25, 0.3) is 0 Å². The third kappa shape index (κ3) is 1.35. The van der Waals surface area contributed by atoms with Gasteiger partial charge in [0.25, 0.3) is 0 Å². The lowest BCUT2D eigenvalue weighted by molar-refractivity contribution is 0.123. The van der Waals surface area contributed by atoms with E-state index in [9.17, 15) is 10.2 Å². The average Bonchev–Trinajstić information content (AvgIpc) is 2.39. The normalized spacial score (nSPS) is 22.2. The van der Waals surface area contributed by atoms with Crippen molar-refractivity contribution in [3.63, 3.8) is 0 Å². The van der Waals surface area contributed by atoms with Gasteiger partial charge in [0, 0.05) is 11.1 Å². The number of rotatable bonds is 0. The van der Waals surface area contributed by atoms with Crippen LogP contribution in [0.5, 0.6) is 11.5 Å². The minimum Gasteiger partial charge on any atom is -0.508 e. The van der Waals surface area contributed by atoms with E-state index in [0.29, 0.717) is 11.1 Å². The van der Waals surface area contributed by atoms with Crippen LogP contribution in [-0.4, -0.2) is 25.9 Å². The van der Waals surface area contributed by atoms with Crippen LogP contribution in [0.2, 0.25) is 0 Å². The molecule has 0 saturated carbocycles. The van der Waals surface area contributed by atoms with Gasteiger partial charge in [0.15, 0.2) is 0 Å². The summed E-state index contributed by atoms with van der Waals surface area (Å²) in [6.45, 7) is 12.5. The standard InChI is InChI=1S/C15H20B2O2/c1-13(2)7-8(14(3,4)15(13,5)6)12(19)10(17)9(16)11(7)18/h18-19H,1-6H3. The summed E-state index contributed by atoms with van der Waals surface area (Å²) in [4.78, 5) is 0. The number of phenolic OH excluding ortho intramolecular Hbond substituents is 2. The van der Waals surface area contributed by atoms with Crippen LogP contribution in [0.15, 0.2) is 0 Å². The molecule has 0 saturated heterocycles. The fraction of sp³-hybridized carbons (Fsp3) is 0.600. The maximum absolute atomic E-state index is 10.4. The zero-order chi connectivity index (χ0) is 15.0. The molecule has 2 rings (SSSR count). The molecule has 2 N–H and O–H groups in total. The highest BCUT2D eigenvalue weighted by molar-refractivity contribution is 6.51. The van der Waals surface area contributed by atoms with E-state index in [-0.39, 0.29) is 38.7 Å². The van der Waals surface area contributed by atoms with E-state index in [0.717, 1.165) is 0 Å². The van der Waals surface area contributed by atoms with Gasteiger partial charge in [-0.25, -0.2) is 0 Å². The van der Waals surface area contributed by atoms with Crippen LogP contribution in [0.1, 0.15) is 52.7 Å². The Labute approximate surface area is 118 Å². The smallest absolute Gasteiger partial charge is 0.118 e. The van der Waals surface area contributed by atoms with Crippen molar-refractivity contribution in [1.82, 2.24) is 0 Å². The van der Waals surface area contributed by atoms with E-state index in [1.54, 1.807) is 0 Å². The van der Waals surface area contributed by atoms with Crippen LogP contribution < -0.4 is 10.9 Å². The van der Waals surface area contributed by atoms with Crippen molar-refractivity contribution in [1.29, 1.82) is 0 Å². The van der Waals surface area contributed by atoms with Crippen LogP contribution in [0.4, 0.5) is 0 Å². The lowest BCUT2D eigenvalue weighted by Gasteiger charge is -2.44. The Kier molecular flexibility index (Phi) is 2.67. The van der Waals surface area contributed by atoms with Gasteiger partial charge in [0.05, 0.1) is 0 Å². The van der Waals surface area contributed by atoms with Gasteiger partial charge in [0.1, 0.15) is 27.2 Å². The Hall–Kier alpha value is -1.05. The molecule has 0 amide bonds. The molecule has 0 atom stereocenters. The van der Waals surface area contributed by atoms with E-state index in [2.05, 4.69) is 41.5 Å². The molecular formula is C15H20B2O2. The summed E-state index contributed by atoms with van der Waals surface area (Å²) in [7, 11) is 11.6. The zero-order valence-electron chi connectivity index (χ0n) is 12.5. The highest BCUT2D eigenvalue weighted by Crippen LogP contribution is 2.64. The van der Waals surface area contributed by atoms with Crippen molar-refractivity contribution < 1.29 is 10.2 Å². The highest BCUT2D eigenvalue weighted by atomic mass is 16.3. The summed E-state index contributed by atoms with van der Waals surface area (Å²) in [5.74, 6) is 0.0166. The van der Waals surface area contributed by atoms with Gasteiger partial charge in [0.2, 0.25) is 0 Å². The molecular weight excluding hydrogens is 234 g/mol. The number of hydrogen-bond donors (Lipinski definition) is 2. The number of fused-ring (bicyclic) bond motifs is 1. The molecule has 4 radical (unpaired) electrons.